The molecule has 10 rings (SSSR count). The van der Waals surface area contributed by atoms with E-state index in [9.17, 15) is 4.11 Å². The number of rotatable bonds is 4. The van der Waals surface area contributed by atoms with Gasteiger partial charge in [-0.15, -0.1) is 0 Å². The molecule has 0 bridgehead atoms. The standard InChI is InChI=1S/C48H30O/c1-2-12-31(13-3-1)35-28-29-42-45(30-35)49-44-23-11-22-43(48(42)44)47-40-19-8-6-17-38(40)46(39-18-7-9-20-41(39)47)34-26-24-33(25-27-34)37-21-10-15-32-14-4-5-16-36(32)37/h1-30H/i4D,5D,10D,11D,14D,15D,16D,21D,22D,23D,28D,29D,30D. The topological polar surface area (TPSA) is 13.1 Å². The summed E-state index contributed by atoms with van der Waals surface area (Å²) in [5.74, 6) is 0. The van der Waals surface area contributed by atoms with Gasteiger partial charge in [-0.1, -0.05) is 164 Å². The quantitative estimate of drug-likeness (QED) is 0.175. The zero-order valence-corrected chi connectivity index (χ0v) is 25.7. The van der Waals surface area contributed by atoms with Crippen molar-refractivity contribution in [3.05, 3.63) is 182 Å². The first kappa shape index (κ1) is 17.6. The Morgan fingerprint density at radius 3 is 1.73 bits per heavy atom. The summed E-state index contributed by atoms with van der Waals surface area (Å²) in [6.07, 6.45) is 0. The summed E-state index contributed by atoms with van der Waals surface area (Å²) in [7, 11) is 0. The molecule has 0 saturated heterocycles. The Kier molecular flexibility index (Phi) is 3.99. The van der Waals surface area contributed by atoms with Crippen LogP contribution in [-0.4, -0.2) is 0 Å². The molecule has 10 aromatic rings. The first-order valence-corrected chi connectivity index (χ1v) is 15.8. The third-order valence-electron chi connectivity index (χ3n) is 9.09. The van der Waals surface area contributed by atoms with Gasteiger partial charge in [0.25, 0.3) is 0 Å². The molecule has 0 saturated carbocycles. The molecular formula is C48H30O. The zero-order chi connectivity index (χ0) is 43.6. The lowest BCUT2D eigenvalue weighted by Gasteiger charge is -2.18. The fourth-order valence-electron chi connectivity index (χ4n) is 6.93. The van der Waals surface area contributed by atoms with E-state index in [4.69, 9.17) is 18.1 Å². The third kappa shape index (κ3) is 4.40. The van der Waals surface area contributed by atoms with E-state index >= 15 is 0 Å². The fraction of sp³-hybridized carbons (Fsp3) is 0. The molecule has 1 aromatic heterocycles. The van der Waals surface area contributed by atoms with E-state index in [1.807, 2.05) is 66.7 Å². The van der Waals surface area contributed by atoms with Gasteiger partial charge in [-0.05, 0) is 95.0 Å². The number of fused-ring (bicyclic) bond motifs is 6. The summed E-state index contributed by atoms with van der Waals surface area (Å²) in [5.41, 5.74) is 3.53. The first-order chi connectivity index (χ1) is 29.7. The summed E-state index contributed by atoms with van der Waals surface area (Å²) < 4.78 is 121. The van der Waals surface area contributed by atoms with E-state index in [0.717, 1.165) is 21.9 Å². The lowest BCUT2D eigenvalue weighted by Crippen LogP contribution is -1.91. The van der Waals surface area contributed by atoms with E-state index in [1.54, 1.807) is 36.4 Å². The highest BCUT2D eigenvalue weighted by molar-refractivity contribution is 6.25. The molecule has 0 radical (unpaired) electrons. The van der Waals surface area contributed by atoms with Crippen LogP contribution in [0.15, 0.2) is 186 Å². The molecule has 1 nitrogen and oxygen atoms in total. The molecule has 9 aromatic carbocycles. The van der Waals surface area contributed by atoms with Gasteiger partial charge in [-0.25, -0.2) is 0 Å². The van der Waals surface area contributed by atoms with E-state index in [2.05, 4.69) is 0 Å². The van der Waals surface area contributed by atoms with Gasteiger partial charge >= 0.3 is 0 Å². The van der Waals surface area contributed by atoms with Crippen molar-refractivity contribution in [2.24, 2.45) is 0 Å². The number of benzene rings is 9. The fourth-order valence-corrected chi connectivity index (χ4v) is 6.93. The Bertz CT molecular complexity index is 3530. The van der Waals surface area contributed by atoms with Crippen molar-refractivity contribution >= 4 is 54.3 Å². The second-order valence-corrected chi connectivity index (χ2v) is 11.8. The van der Waals surface area contributed by atoms with Gasteiger partial charge in [0.2, 0.25) is 0 Å². The maximum atomic E-state index is 9.46. The first-order valence-electron chi connectivity index (χ1n) is 22.3. The second kappa shape index (κ2) is 11.1. The van der Waals surface area contributed by atoms with Crippen LogP contribution >= 0.6 is 0 Å². The van der Waals surface area contributed by atoms with Crippen molar-refractivity contribution in [2.45, 2.75) is 0 Å². The van der Waals surface area contributed by atoms with Crippen LogP contribution in [0.2, 0.25) is 0 Å². The largest absolute Gasteiger partial charge is 0.456 e. The molecule has 0 amide bonds. The molecule has 0 spiro atoms. The van der Waals surface area contributed by atoms with Crippen molar-refractivity contribution in [2.75, 3.05) is 0 Å². The van der Waals surface area contributed by atoms with Crippen molar-refractivity contribution in [1.82, 2.24) is 0 Å². The summed E-state index contributed by atoms with van der Waals surface area (Å²) in [4.78, 5) is 0. The molecule has 1 heteroatoms. The minimum atomic E-state index is -0.523. The molecule has 0 unspecified atom stereocenters. The molecule has 0 aliphatic carbocycles. The van der Waals surface area contributed by atoms with Crippen LogP contribution in [0.3, 0.4) is 0 Å². The monoisotopic (exact) mass is 635 g/mol. The van der Waals surface area contributed by atoms with Crippen molar-refractivity contribution < 1.29 is 22.2 Å². The van der Waals surface area contributed by atoms with Crippen molar-refractivity contribution in [3.63, 3.8) is 0 Å². The minimum absolute atomic E-state index is 0.00560. The van der Waals surface area contributed by atoms with E-state index in [-0.39, 0.29) is 85.7 Å². The maximum absolute atomic E-state index is 9.46. The van der Waals surface area contributed by atoms with E-state index in [0.29, 0.717) is 27.5 Å². The predicted octanol–water partition coefficient (Wildman–Crippen LogP) is 13.7. The van der Waals surface area contributed by atoms with E-state index < -0.39 is 42.3 Å². The van der Waals surface area contributed by atoms with Gasteiger partial charge in [0.05, 0.1) is 17.8 Å². The summed E-state index contributed by atoms with van der Waals surface area (Å²) >= 11 is 0. The molecule has 49 heavy (non-hydrogen) atoms. The van der Waals surface area contributed by atoms with Crippen LogP contribution in [0.25, 0.3) is 98.8 Å². The van der Waals surface area contributed by atoms with Crippen LogP contribution in [-0.2, 0) is 0 Å². The molecule has 0 aliphatic rings. The Morgan fingerprint density at radius 2 is 0.980 bits per heavy atom. The Labute approximate surface area is 302 Å². The lowest BCUT2D eigenvalue weighted by molar-refractivity contribution is 0.669. The zero-order valence-electron chi connectivity index (χ0n) is 38.7. The van der Waals surface area contributed by atoms with Crippen LogP contribution in [0.1, 0.15) is 17.8 Å². The van der Waals surface area contributed by atoms with Crippen LogP contribution < -0.4 is 0 Å². The molecule has 228 valence electrons. The second-order valence-electron chi connectivity index (χ2n) is 11.8. The van der Waals surface area contributed by atoms with Gasteiger partial charge in [0.15, 0.2) is 0 Å². The molecule has 0 N–H and O–H groups in total. The van der Waals surface area contributed by atoms with Gasteiger partial charge in [0, 0.05) is 10.8 Å². The van der Waals surface area contributed by atoms with Crippen LogP contribution in [0.4, 0.5) is 0 Å². The molecule has 1 heterocycles. The Morgan fingerprint density at radius 1 is 0.367 bits per heavy atom. The predicted molar refractivity (Wildman–Crippen MR) is 208 cm³/mol. The maximum Gasteiger partial charge on any atom is 0.136 e. The highest BCUT2D eigenvalue weighted by Crippen LogP contribution is 2.47. The third-order valence-corrected chi connectivity index (χ3v) is 9.09. The number of hydrogen-bond donors (Lipinski definition) is 0. The molecule has 0 fully saturated rings. The lowest BCUT2D eigenvalue weighted by atomic mass is 9.84. The summed E-state index contributed by atoms with van der Waals surface area (Å²) in [6, 6.07) is 26.4. The van der Waals surface area contributed by atoms with Crippen LogP contribution in [0, 0.1) is 0 Å². The molecular weight excluding hydrogens is 593 g/mol. The number of furan rings is 1. The Hall–Kier alpha value is -6.44. The van der Waals surface area contributed by atoms with Gasteiger partial charge in [0.1, 0.15) is 11.2 Å². The van der Waals surface area contributed by atoms with Gasteiger partial charge in [-0.2, -0.15) is 0 Å². The SMILES string of the molecule is [2H]c1c([2H])c(-c2c3ccccc3c(-c3ccc(-c4c([2H])c([2H])c([2H])c5c([2H])c([2H])c([2H])c([2H])c45)cc3)c3ccccc23)c2c(oc3c([2H])c(-c4ccccc4)c([2H])c([2H])c32)c1[2H]. The molecule has 0 aliphatic heterocycles. The number of hydrogen-bond acceptors (Lipinski definition) is 1. The average Bonchev–Trinajstić information content (AvgIpc) is 3.69. The van der Waals surface area contributed by atoms with Crippen molar-refractivity contribution in [3.8, 4) is 44.5 Å². The summed E-state index contributed by atoms with van der Waals surface area (Å²) in [6.45, 7) is 0. The van der Waals surface area contributed by atoms with Gasteiger partial charge < -0.3 is 4.42 Å². The smallest absolute Gasteiger partial charge is 0.136 e. The van der Waals surface area contributed by atoms with E-state index in [1.165, 1.54) is 0 Å². The minimum Gasteiger partial charge on any atom is -0.456 e. The summed E-state index contributed by atoms with van der Waals surface area (Å²) in [5, 5.41) is 3.04. The van der Waals surface area contributed by atoms with Crippen molar-refractivity contribution in [1.29, 1.82) is 0 Å². The van der Waals surface area contributed by atoms with Crippen LogP contribution in [0.5, 0.6) is 0 Å². The highest BCUT2D eigenvalue weighted by Gasteiger charge is 2.20. The van der Waals surface area contributed by atoms with Gasteiger partial charge in [-0.3, -0.25) is 0 Å². The Balaban J connectivity index is 1.26. The highest BCUT2D eigenvalue weighted by atomic mass is 16.3. The normalized spacial score (nSPS) is 15.4. The average molecular weight is 636 g/mol. The molecule has 0 atom stereocenters.